The van der Waals surface area contributed by atoms with Crippen molar-refractivity contribution < 1.29 is 14.7 Å². The Morgan fingerprint density at radius 1 is 1.33 bits per heavy atom. The number of aromatic nitrogens is 1. The highest BCUT2D eigenvalue weighted by molar-refractivity contribution is 5.83. The van der Waals surface area contributed by atoms with Gasteiger partial charge >= 0.3 is 5.97 Å². The third-order valence-corrected chi connectivity index (χ3v) is 3.16. The van der Waals surface area contributed by atoms with Gasteiger partial charge in [-0.15, -0.1) is 0 Å². The van der Waals surface area contributed by atoms with E-state index < -0.39 is 12.0 Å². The summed E-state index contributed by atoms with van der Waals surface area (Å²) >= 11 is 0. The van der Waals surface area contributed by atoms with Gasteiger partial charge in [-0.3, -0.25) is 9.59 Å². The third-order valence-electron chi connectivity index (χ3n) is 3.16. The average Bonchev–Trinajstić information content (AvgIpc) is 2.44. The van der Waals surface area contributed by atoms with Crippen LogP contribution in [0, 0.1) is 0 Å². The van der Waals surface area contributed by atoms with E-state index in [2.05, 4.69) is 5.32 Å². The van der Waals surface area contributed by atoms with Crippen molar-refractivity contribution in [1.29, 1.82) is 0 Å². The highest BCUT2D eigenvalue weighted by Gasteiger charge is 2.18. The number of carbonyl (C=O) groups is 2. The van der Waals surface area contributed by atoms with Gasteiger partial charge in [-0.2, -0.15) is 0 Å². The summed E-state index contributed by atoms with van der Waals surface area (Å²) in [6.07, 6.45) is 4.43. The van der Waals surface area contributed by atoms with Crippen molar-refractivity contribution in [1.82, 2.24) is 9.88 Å². The van der Waals surface area contributed by atoms with Crippen LogP contribution in [0.2, 0.25) is 0 Å². The molecule has 0 spiro atoms. The number of aryl methyl sites for hydroxylation is 1. The van der Waals surface area contributed by atoms with E-state index >= 15 is 0 Å². The van der Waals surface area contributed by atoms with Crippen molar-refractivity contribution in [3.05, 3.63) is 34.7 Å². The smallest absolute Gasteiger partial charge is 0.326 e. The van der Waals surface area contributed by atoms with E-state index in [0.717, 1.165) is 0 Å². The van der Waals surface area contributed by atoms with Gasteiger partial charge in [0.2, 0.25) is 11.5 Å². The number of nitrogens with zero attached hydrogens (tertiary/aromatic N) is 1. The molecule has 1 amide bonds. The van der Waals surface area contributed by atoms with Gasteiger partial charge in [-0.1, -0.05) is 19.4 Å². The summed E-state index contributed by atoms with van der Waals surface area (Å²) in [5.41, 5.74) is -0.0594. The van der Waals surface area contributed by atoms with Gasteiger partial charge in [0, 0.05) is 25.2 Å². The summed E-state index contributed by atoms with van der Waals surface area (Å²) in [6.45, 7) is 2.43. The minimum absolute atomic E-state index is 0.0594. The second kappa shape index (κ2) is 8.94. The summed E-state index contributed by atoms with van der Waals surface area (Å²) < 4.78 is 1.59. The van der Waals surface area contributed by atoms with Crippen molar-refractivity contribution in [2.45, 2.75) is 51.6 Å². The minimum Gasteiger partial charge on any atom is -0.480 e. The van der Waals surface area contributed by atoms with Crippen LogP contribution in [0.3, 0.4) is 0 Å². The lowest BCUT2D eigenvalue weighted by Crippen LogP contribution is -2.40. The Kier molecular flexibility index (Phi) is 7.21. The number of aliphatic carboxylic acids is 1. The van der Waals surface area contributed by atoms with E-state index in [4.69, 9.17) is 5.11 Å². The Labute approximate surface area is 123 Å². The highest BCUT2D eigenvalue weighted by atomic mass is 16.4. The monoisotopic (exact) mass is 294 g/mol. The number of carbonyl (C=O) groups excluding carboxylic acids is 1. The average molecular weight is 294 g/mol. The molecule has 1 atom stereocenters. The number of carboxylic acid groups (broad SMARTS) is 1. The Morgan fingerprint density at radius 2 is 2.10 bits per heavy atom. The van der Waals surface area contributed by atoms with Crippen LogP contribution in [0.25, 0.3) is 0 Å². The van der Waals surface area contributed by atoms with E-state index in [1.54, 1.807) is 22.9 Å². The summed E-state index contributed by atoms with van der Waals surface area (Å²) in [6, 6.07) is 4.16. The first-order valence-corrected chi connectivity index (χ1v) is 7.22. The van der Waals surface area contributed by atoms with Crippen LogP contribution in [0.4, 0.5) is 0 Å². The van der Waals surface area contributed by atoms with Gasteiger partial charge in [0.25, 0.3) is 0 Å². The second-order valence-corrected chi connectivity index (χ2v) is 4.94. The molecule has 116 valence electrons. The number of pyridine rings is 1. The Morgan fingerprint density at radius 3 is 2.71 bits per heavy atom. The topological polar surface area (TPSA) is 88.4 Å². The number of amides is 1. The van der Waals surface area contributed by atoms with Gasteiger partial charge in [-0.05, 0) is 25.3 Å². The summed E-state index contributed by atoms with van der Waals surface area (Å²) in [5, 5.41) is 11.5. The Bertz CT molecular complexity index is 524. The number of rotatable bonds is 9. The molecule has 21 heavy (non-hydrogen) atoms. The number of hydrogen-bond donors (Lipinski definition) is 2. The fourth-order valence-corrected chi connectivity index (χ4v) is 2.03. The maximum atomic E-state index is 11.7. The molecule has 0 bridgehead atoms. The van der Waals surface area contributed by atoms with Gasteiger partial charge in [0.15, 0.2) is 0 Å². The van der Waals surface area contributed by atoms with Crippen LogP contribution >= 0.6 is 0 Å². The molecule has 1 aromatic heterocycles. The largest absolute Gasteiger partial charge is 0.480 e. The van der Waals surface area contributed by atoms with E-state index in [1.807, 2.05) is 6.92 Å². The van der Waals surface area contributed by atoms with E-state index in [1.165, 1.54) is 6.07 Å². The lowest BCUT2D eigenvalue weighted by atomic mass is 10.1. The zero-order valence-electron chi connectivity index (χ0n) is 12.2. The van der Waals surface area contributed by atoms with Crippen molar-refractivity contribution in [3.8, 4) is 0 Å². The van der Waals surface area contributed by atoms with Crippen molar-refractivity contribution in [2.75, 3.05) is 0 Å². The van der Waals surface area contributed by atoms with Gasteiger partial charge < -0.3 is 15.0 Å². The van der Waals surface area contributed by atoms with Crippen LogP contribution in [0.15, 0.2) is 29.2 Å². The molecule has 1 rings (SSSR count). The molecule has 0 fully saturated rings. The molecule has 1 heterocycles. The lowest BCUT2D eigenvalue weighted by Gasteiger charge is -2.13. The molecular weight excluding hydrogens is 272 g/mol. The molecule has 1 aromatic rings. The first-order chi connectivity index (χ1) is 10.0. The zero-order valence-corrected chi connectivity index (χ0v) is 12.2. The number of hydrogen-bond acceptors (Lipinski definition) is 3. The number of nitrogens with one attached hydrogen (secondary N) is 1. The first-order valence-electron chi connectivity index (χ1n) is 7.22. The van der Waals surface area contributed by atoms with Crippen LogP contribution in [-0.2, 0) is 16.1 Å². The van der Waals surface area contributed by atoms with Crippen molar-refractivity contribution in [2.24, 2.45) is 0 Å². The molecule has 6 heteroatoms. The molecule has 1 unspecified atom stereocenters. The Hall–Kier alpha value is -2.11. The molecule has 0 saturated heterocycles. The van der Waals surface area contributed by atoms with Crippen LogP contribution in [0.5, 0.6) is 0 Å². The molecule has 0 aliphatic carbocycles. The summed E-state index contributed by atoms with van der Waals surface area (Å²) in [5.74, 6) is -1.25. The van der Waals surface area contributed by atoms with Crippen LogP contribution in [0.1, 0.15) is 39.0 Å². The van der Waals surface area contributed by atoms with Gasteiger partial charge in [0.05, 0.1) is 0 Å². The second-order valence-electron chi connectivity index (χ2n) is 4.94. The van der Waals surface area contributed by atoms with E-state index in [9.17, 15) is 14.4 Å². The summed E-state index contributed by atoms with van der Waals surface area (Å²) in [4.78, 5) is 34.1. The number of carboxylic acids is 1. The third kappa shape index (κ3) is 6.25. The van der Waals surface area contributed by atoms with Gasteiger partial charge in [0.1, 0.15) is 6.04 Å². The SMILES string of the molecule is CCCC(NC(=O)CCCCn1ccccc1=O)C(=O)O. The molecule has 0 aromatic carbocycles. The van der Waals surface area contributed by atoms with Crippen LogP contribution in [-0.4, -0.2) is 27.6 Å². The normalized spacial score (nSPS) is 11.9. The zero-order chi connectivity index (χ0) is 15.7. The maximum Gasteiger partial charge on any atom is 0.326 e. The maximum absolute atomic E-state index is 11.7. The lowest BCUT2D eigenvalue weighted by molar-refractivity contribution is -0.142. The van der Waals surface area contributed by atoms with E-state index in [0.29, 0.717) is 32.2 Å². The van der Waals surface area contributed by atoms with E-state index in [-0.39, 0.29) is 17.9 Å². The number of unbranched alkanes of at least 4 members (excludes halogenated alkanes) is 1. The molecule has 0 aliphatic heterocycles. The predicted octanol–water partition coefficient (Wildman–Crippen LogP) is 1.39. The fraction of sp³-hybridized carbons (Fsp3) is 0.533. The molecule has 6 nitrogen and oxygen atoms in total. The van der Waals surface area contributed by atoms with Gasteiger partial charge in [-0.25, -0.2) is 4.79 Å². The molecule has 0 aliphatic rings. The van der Waals surface area contributed by atoms with Crippen molar-refractivity contribution >= 4 is 11.9 Å². The first kappa shape index (κ1) is 16.9. The quantitative estimate of drug-likeness (QED) is 0.674. The fourth-order valence-electron chi connectivity index (χ4n) is 2.03. The van der Waals surface area contributed by atoms with Crippen molar-refractivity contribution in [3.63, 3.8) is 0 Å². The van der Waals surface area contributed by atoms with Crippen LogP contribution < -0.4 is 10.9 Å². The molecular formula is C15H22N2O4. The summed E-state index contributed by atoms with van der Waals surface area (Å²) in [7, 11) is 0. The molecule has 0 radical (unpaired) electrons. The molecule has 2 N–H and O–H groups in total. The Balaban J connectivity index is 2.29. The highest BCUT2D eigenvalue weighted by Crippen LogP contribution is 2.01. The predicted molar refractivity (Wildman–Crippen MR) is 79.0 cm³/mol. The standard InChI is InChI=1S/C15H22N2O4/c1-2-7-12(15(20)21)16-13(18)8-3-5-10-17-11-6-4-9-14(17)19/h4,6,9,11-12H,2-3,5,7-8,10H2,1H3,(H,16,18)(H,20,21). The minimum atomic E-state index is -0.999. The molecule has 0 saturated carbocycles.